The van der Waals surface area contributed by atoms with Gasteiger partial charge in [0, 0.05) is 32.0 Å². The lowest BCUT2D eigenvalue weighted by Crippen LogP contribution is -2.50. The van der Waals surface area contributed by atoms with E-state index in [-0.39, 0.29) is 23.8 Å². The predicted octanol–water partition coefficient (Wildman–Crippen LogP) is 2.51. The molecule has 3 rings (SSSR count). The molecule has 1 unspecified atom stereocenters. The minimum Gasteiger partial charge on any atom is -0.480 e. The van der Waals surface area contributed by atoms with E-state index in [0.717, 1.165) is 12.0 Å². The zero-order chi connectivity index (χ0) is 27.0. The van der Waals surface area contributed by atoms with Gasteiger partial charge in [-0.3, -0.25) is 9.59 Å². The number of carbonyl (C=O) groups is 2. The minimum absolute atomic E-state index is 0.0929. The van der Waals surface area contributed by atoms with Gasteiger partial charge in [-0.25, -0.2) is 13.4 Å². The first-order valence-electron chi connectivity index (χ1n) is 12.7. The number of aliphatic carboxylic acids is 1. The summed E-state index contributed by atoms with van der Waals surface area (Å²) < 4.78 is 29.7. The van der Waals surface area contributed by atoms with Crippen LogP contribution in [0.15, 0.2) is 35.5 Å². The molecule has 0 bridgehead atoms. The standard InChI is InChI=1S/C25H38N6O5S/c1-17(2)9-13-31(16-22(32)33)24(34)20(7-5-10-26-25-27-11-12-28-25)30-37(35,36)21-8-4-6-19-14-18(3)15-29-23(19)21/h4,6,8,11-12,17-18,20,29-30H,5,7,9-10,13-16H2,1-3H3,(H,32,33)(H2,26,27,28)/t18?,20-/m0/s1. The summed E-state index contributed by atoms with van der Waals surface area (Å²) in [4.78, 5) is 33.4. The van der Waals surface area contributed by atoms with Crippen molar-refractivity contribution in [2.24, 2.45) is 11.8 Å². The van der Waals surface area contributed by atoms with Crippen LogP contribution in [0.4, 0.5) is 11.6 Å². The SMILES string of the molecule is CC(C)CCN(CC(=O)O)C(=O)[C@H](CCCNc1ncc[nH]1)NS(=O)(=O)c1cccc2c1NCC(C)C2. The number of carboxylic acid groups (broad SMARTS) is 1. The topological polar surface area (TPSA) is 157 Å². The van der Waals surface area contributed by atoms with Gasteiger partial charge in [0.25, 0.3) is 0 Å². The molecule has 37 heavy (non-hydrogen) atoms. The van der Waals surface area contributed by atoms with Gasteiger partial charge >= 0.3 is 5.97 Å². The summed E-state index contributed by atoms with van der Waals surface area (Å²) in [5, 5.41) is 15.7. The van der Waals surface area contributed by atoms with E-state index in [1.807, 2.05) is 19.9 Å². The van der Waals surface area contributed by atoms with Crippen molar-refractivity contribution in [2.75, 3.05) is 36.8 Å². The number of aromatic nitrogens is 2. The third-order valence-corrected chi connectivity index (χ3v) is 7.78. The van der Waals surface area contributed by atoms with Crippen LogP contribution in [0.1, 0.15) is 45.6 Å². The van der Waals surface area contributed by atoms with Crippen LogP contribution in [0.2, 0.25) is 0 Å². The molecule has 2 atom stereocenters. The molecule has 12 heteroatoms. The Morgan fingerprint density at radius 2 is 2.05 bits per heavy atom. The number of nitrogens with one attached hydrogen (secondary N) is 4. The number of nitrogens with zero attached hydrogens (tertiary/aromatic N) is 2. The number of H-pyrrole nitrogens is 1. The Morgan fingerprint density at radius 3 is 2.73 bits per heavy atom. The number of amides is 1. The van der Waals surface area contributed by atoms with Crippen LogP contribution in [0.3, 0.4) is 0 Å². The number of sulfonamides is 1. The summed E-state index contributed by atoms with van der Waals surface area (Å²) >= 11 is 0. The number of benzene rings is 1. The molecule has 0 fully saturated rings. The molecule has 1 aromatic carbocycles. The normalized spacial score (nSPS) is 16.1. The zero-order valence-electron chi connectivity index (χ0n) is 21.7. The van der Waals surface area contributed by atoms with Crippen LogP contribution < -0.4 is 15.4 Å². The lowest BCUT2D eigenvalue weighted by molar-refractivity contribution is -0.145. The summed E-state index contributed by atoms with van der Waals surface area (Å²) in [5.41, 5.74) is 1.47. The molecule has 0 saturated carbocycles. The van der Waals surface area contributed by atoms with Crippen molar-refractivity contribution < 1.29 is 23.1 Å². The number of anilines is 2. The molecule has 1 aliphatic rings. The maximum absolute atomic E-state index is 13.6. The van der Waals surface area contributed by atoms with Gasteiger partial charge in [-0.05, 0) is 49.1 Å². The Bertz CT molecular complexity index is 1150. The minimum atomic E-state index is -4.08. The second-order valence-corrected chi connectivity index (χ2v) is 11.7. The Hall–Kier alpha value is -3.12. The zero-order valence-corrected chi connectivity index (χ0v) is 22.5. The molecule has 1 amide bonds. The highest BCUT2D eigenvalue weighted by atomic mass is 32.2. The van der Waals surface area contributed by atoms with E-state index in [4.69, 9.17) is 0 Å². The maximum atomic E-state index is 13.6. The smallest absolute Gasteiger partial charge is 0.323 e. The number of fused-ring (bicyclic) bond motifs is 1. The van der Waals surface area contributed by atoms with Crippen LogP contribution >= 0.6 is 0 Å². The van der Waals surface area contributed by atoms with E-state index < -0.39 is 34.5 Å². The van der Waals surface area contributed by atoms with Crippen molar-refractivity contribution in [3.63, 3.8) is 0 Å². The molecule has 0 spiro atoms. The molecular formula is C25H38N6O5S. The van der Waals surface area contributed by atoms with Gasteiger partial charge < -0.3 is 25.6 Å². The number of imidazole rings is 1. The number of rotatable bonds is 14. The van der Waals surface area contributed by atoms with Gasteiger partial charge in [-0.1, -0.05) is 32.9 Å². The first kappa shape index (κ1) is 28.5. The predicted molar refractivity (Wildman–Crippen MR) is 142 cm³/mol. The molecule has 11 nitrogen and oxygen atoms in total. The summed E-state index contributed by atoms with van der Waals surface area (Å²) in [6.07, 6.45) is 5.28. The van der Waals surface area contributed by atoms with E-state index in [9.17, 15) is 23.1 Å². The van der Waals surface area contributed by atoms with Crippen molar-refractivity contribution in [3.05, 3.63) is 36.2 Å². The number of hydrogen-bond acceptors (Lipinski definition) is 7. The van der Waals surface area contributed by atoms with Crippen LogP contribution in [0.5, 0.6) is 0 Å². The van der Waals surface area contributed by atoms with E-state index in [1.54, 1.807) is 18.5 Å². The fourth-order valence-electron chi connectivity index (χ4n) is 4.32. The van der Waals surface area contributed by atoms with E-state index >= 15 is 0 Å². The first-order valence-corrected chi connectivity index (χ1v) is 14.2. The monoisotopic (exact) mass is 534 g/mol. The molecule has 2 aromatic rings. The Balaban J connectivity index is 1.82. The molecule has 204 valence electrons. The summed E-state index contributed by atoms with van der Waals surface area (Å²) in [6.45, 7) is 6.90. The third kappa shape index (κ3) is 8.19. The Labute approximate surface area is 218 Å². The summed E-state index contributed by atoms with van der Waals surface area (Å²) in [5.74, 6) is -0.491. The lowest BCUT2D eigenvalue weighted by atomic mass is 9.96. The van der Waals surface area contributed by atoms with Gasteiger partial charge in [-0.2, -0.15) is 4.72 Å². The van der Waals surface area contributed by atoms with Gasteiger partial charge in [0.1, 0.15) is 17.5 Å². The van der Waals surface area contributed by atoms with Crippen molar-refractivity contribution in [1.29, 1.82) is 0 Å². The maximum Gasteiger partial charge on any atom is 0.323 e. The molecule has 2 heterocycles. The second kappa shape index (κ2) is 12.9. The Morgan fingerprint density at radius 1 is 1.27 bits per heavy atom. The van der Waals surface area contributed by atoms with Gasteiger partial charge in [0.15, 0.2) is 5.95 Å². The van der Waals surface area contributed by atoms with E-state index in [1.165, 1.54) is 11.0 Å². The molecule has 5 N–H and O–H groups in total. The van der Waals surface area contributed by atoms with Gasteiger partial charge in [0.2, 0.25) is 15.9 Å². The van der Waals surface area contributed by atoms with E-state index in [0.29, 0.717) is 43.5 Å². The highest BCUT2D eigenvalue weighted by molar-refractivity contribution is 7.89. The second-order valence-electron chi connectivity index (χ2n) is 10.00. The van der Waals surface area contributed by atoms with Crippen molar-refractivity contribution >= 4 is 33.5 Å². The molecule has 0 saturated heterocycles. The molecule has 0 radical (unpaired) electrons. The van der Waals surface area contributed by atoms with Crippen molar-refractivity contribution in [3.8, 4) is 0 Å². The van der Waals surface area contributed by atoms with E-state index in [2.05, 4.69) is 32.2 Å². The number of carbonyl (C=O) groups excluding carboxylic acids is 1. The molecule has 1 aromatic heterocycles. The number of carboxylic acids is 1. The van der Waals surface area contributed by atoms with Crippen LogP contribution in [0, 0.1) is 11.8 Å². The third-order valence-electron chi connectivity index (χ3n) is 6.27. The lowest BCUT2D eigenvalue weighted by Gasteiger charge is -2.29. The number of para-hydroxylation sites is 1. The fourth-order valence-corrected chi connectivity index (χ4v) is 5.77. The largest absolute Gasteiger partial charge is 0.480 e. The quantitative estimate of drug-likeness (QED) is 0.232. The molecular weight excluding hydrogens is 496 g/mol. The number of aromatic amines is 1. The van der Waals surface area contributed by atoms with Crippen LogP contribution in [-0.4, -0.2) is 72.5 Å². The van der Waals surface area contributed by atoms with Gasteiger partial charge in [-0.15, -0.1) is 0 Å². The van der Waals surface area contributed by atoms with Gasteiger partial charge in [0.05, 0.1) is 5.69 Å². The highest BCUT2D eigenvalue weighted by Gasteiger charge is 2.32. The summed E-state index contributed by atoms with van der Waals surface area (Å²) in [7, 11) is -4.08. The number of hydrogen-bond donors (Lipinski definition) is 5. The first-order chi connectivity index (χ1) is 17.6. The van der Waals surface area contributed by atoms with Crippen molar-refractivity contribution in [2.45, 2.75) is 57.4 Å². The average Bonchev–Trinajstić information content (AvgIpc) is 3.36. The van der Waals surface area contributed by atoms with Crippen molar-refractivity contribution in [1.82, 2.24) is 19.6 Å². The highest BCUT2D eigenvalue weighted by Crippen LogP contribution is 2.31. The molecule has 0 aliphatic carbocycles. The molecule has 1 aliphatic heterocycles. The fraction of sp³-hybridized carbons (Fsp3) is 0.560. The Kier molecular flexibility index (Phi) is 9.93. The average molecular weight is 535 g/mol. The van der Waals surface area contributed by atoms with Crippen LogP contribution in [0.25, 0.3) is 0 Å². The summed E-state index contributed by atoms with van der Waals surface area (Å²) in [6, 6.07) is 4.02. The van der Waals surface area contributed by atoms with Crippen LogP contribution in [-0.2, 0) is 26.0 Å².